The Morgan fingerprint density at radius 3 is 2.45 bits per heavy atom. The number of alkyl halides is 3. The van der Waals surface area contributed by atoms with E-state index in [1.54, 1.807) is 19.1 Å². The van der Waals surface area contributed by atoms with E-state index in [9.17, 15) is 18.0 Å². The van der Waals surface area contributed by atoms with Gasteiger partial charge in [0.05, 0.1) is 5.56 Å². The zero-order valence-corrected chi connectivity index (χ0v) is 11.4. The number of hydrogen-bond acceptors (Lipinski definition) is 3. The Morgan fingerprint density at radius 2 is 1.82 bits per heavy atom. The quantitative estimate of drug-likeness (QED) is 0.683. The van der Waals surface area contributed by atoms with E-state index in [2.05, 4.69) is 10.1 Å². The first-order chi connectivity index (χ1) is 10.4. The molecule has 3 aromatic rings. The molecule has 4 nitrogen and oxygen atoms in total. The second-order valence-electron chi connectivity index (χ2n) is 4.85. The average molecular weight is 305 g/mol. The molecule has 0 fully saturated rings. The van der Waals surface area contributed by atoms with E-state index < -0.39 is 17.5 Å². The largest absolute Gasteiger partial charge is 0.416 e. The second-order valence-corrected chi connectivity index (χ2v) is 4.85. The van der Waals surface area contributed by atoms with E-state index in [0.717, 1.165) is 29.8 Å². The molecule has 0 aliphatic carbocycles. The van der Waals surface area contributed by atoms with Crippen molar-refractivity contribution >= 4 is 11.4 Å². The molecule has 0 unspecified atom stereocenters. The minimum Gasteiger partial charge on any atom is -0.287 e. The van der Waals surface area contributed by atoms with Crippen molar-refractivity contribution in [1.82, 2.24) is 14.6 Å². The number of ketones is 1. The zero-order chi connectivity index (χ0) is 15.9. The molecule has 1 aromatic carbocycles. The number of hydrogen-bond donors (Lipinski definition) is 0. The van der Waals surface area contributed by atoms with Gasteiger partial charge in [-0.05, 0) is 36.8 Å². The molecule has 7 heteroatoms. The van der Waals surface area contributed by atoms with Crippen LogP contribution in [0, 0.1) is 6.92 Å². The lowest BCUT2D eigenvalue weighted by Gasteiger charge is -2.08. The van der Waals surface area contributed by atoms with Crippen molar-refractivity contribution in [1.29, 1.82) is 0 Å². The average Bonchev–Trinajstić information content (AvgIpc) is 2.93. The van der Waals surface area contributed by atoms with E-state index in [0.29, 0.717) is 5.65 Å². The molecular formula is C15H10F3N3O. The van der Waals surface area contributed by atoms with Gasteiger partial charge in [-0.1, -0.05) is 12.1 Å². The van der Waals surface area contributed by atoms with Gasteiger partial charge in [0.1, 0.15) is 12.0 Å². The summed E-state index contributed by atoms with van der Waals surface area (Å²) < 4.78 is 39.0. The maximum atomic E-state index is 12.6. The van der Waals surface area contributed by atoms with Crippen LogP contribution in [0.4, 0.5) is 13.2 Å². The minimum atomic E-state index is -4.43. The number of carbonyl (C=O) groups is 1. The van der Waals surface area contributed by atoms with Gasteiger partial charge < -0.3 is 0 Å². The molecular weight excluding hydrogens is 295 g/mol. The van der Waals surface area contributed by atoms with Crippen LogP contribution in [0.3, 0.4) is 0 Å². The predicted octanol–water partition coefficient (Wildman–Crippen LogP) is 3.29. The highest BCUT2D eigenvalue weighted by molar-refractivity contribution is 6.08. The van der Waals surface area contributed by atoms with Gasteiger partial charge in [0, 0.05) is 5.56 Å². The van der Waals surface area contributed by atoms with Crippen molar-refractivity contribution in [3.05, 3.63) is 65.1 Å². The lowest BCUT2D eigenvalue weighted by molar-refractivity contribution is -0.137. The molecule has 0 saturated heterocycles. The Morgan fingerprint density at radius 1 is 1.14 bits per heavy atom. The van der Waals surface area contributed by atoms with E-state index in [-0.39, 0.29) is 11.3 Å². The number of aromatic nitrogens is 3. The number of fused-ring (bicyclic) bond motifs is 1. The van der Waals surface area contributed by atoms with Crippen LogP contribution in [0.5, 0.6) is 0 Å². The molecule has 0 atom stereocenters. The highest BCUT2D eigenvalue weighted by atomic mass is 19.4. The summed E-state index contributed by atoms with van der Waals surface area (Å²) in [6, 6.07) is 7.49. The van der Waals surface area contributed by atoms with Gasteiger partial charge >= 0.3 is 6.18 Å². The number of rotatable bonds is 2. The Hall–Kier alpha value is -2.70. The summed E-state index contributed by atoms with van der Waals surface area (Å²) in [7, 11) is 0. The van der Waals surface area contributed by atoms with Crippen molar-refractivity contribution in [2.45, 2.75) is 13.1 Å². The Balaban J connectivity index is 2.04. The highest BCUT2D eigenvalue weighted by Crippen LogP contribution is 2.29. The van der Waals surface area contributed by atoms with Gasteiger partial charge in [-0.15, -0.1) is 0 Å². The molecule has 0 amide bonds. The first-order valence-electron chi connectivity index (χ1n) is 6.38. The summed E-state index contributed by atoms with van der Waals surface area (Å²) in [5.41, 5.74) is 0.952. The van der Waals surface area contributed by atoms with Gasteiger partial charge in [0.2, 0.25) is 5.78 Å². The summed E-state index contributed by atoms with van der Waals surface area (Å²) in [6.07, 6.45) is -3.11. The zero-order valence-electron chi connectivity index (χ0n) is 11.4. The third-order valence-electron chi connectivity index (χ3n) is 3.23. The van der Waals surface area contributed by atoms with Crippen molar-refractivity contribution in [2.24, 2.45) is 0 Å². The molecule has 0 spiro atoms. The third-order valence-corrected chi connectivity index (χ3v) is 3.23. The molecule has 0 saturated carbocycles. The number of nitrogens with zero attached hydrogens (tertiary/aromatic N) is 3. The van der Waals surface area contributed by atoms with Crippen molar-refractivity contribution in [3.8, 4) is 0 Å². The summed E-state index contributed by atoms with van der Waals surface area (Å²) in [5.74, 6) is -0.409. The molecule has 2 heterocycles. The van der Waals surface area contributed by atoms with Gasteiger partial charge in [0.25, 0.3) is 0 Å². The topological polar surface area (TPSA) is 47.3 Å². The fraction of sp³-hybridized carbons (Fsp3) is 0.133. The standard InChI is InChI=1S/C15H10F3N3O/c1-9-6-12(21-13(7-9)19-8-20-21)14(22)10-2-4-11(5-3-10)15(16,17)18/h2-8H,1H3. The van der Waals surface area contributed by atoms with Crippen LogP contribution in [-0.4, -0.2) is 20.4 Å². The lowest BCUT2D eigenvalue weighted by Crippen LogP contribution is -2.10. The van der Waals surface area contributed by atoms with E-state index in [1.165, 1.54) is 10.8 Å². The molecule has 0 aliphatic heterocycles. The number of pyridine rings is 1. The van der Waals surface area contributed by atoms with Gasteiger partial charge in [-0.3, -0.25) is 4.79 Å². The molecule has 112 valence electrons. The molecule has 0 N–H and O–H groups in total. The van der Waals surface area contributed by atoms with E-state index in [1.807, 2.05) is 0 Å². The van der Waals surface area contributed by atoms with Crippen molar-refractivity contribution in [2.75, 3.05) is 0 Å². The molecule has 0 aliphatic rings. The second kappa shape index (κ2) is 4.94. The summed E-state index contributed by atoms with van der Waals surface area (Å²) in [6.45, 7) is 1.80. The van der Waals surface area contributed by atoms with E-state index >= 15 is 0 Å². The molecule has 0 radical (unpaired) electrons. The van der Waals surface area contributed by atoms with Crippen LogP contribution < -0.4 is 0 Å². The monoisotopic (exact) mass is 305 g/mol. The maximum Gasteiger partial charge on any atom is 0.416 e. The highest BCUT2D eigenvalue weighted by Gasteiger charge is 2.30. The molecule has 2 aromatic heterocycles. The summed E-state index contributed by atoms with van der Waals surface area (Å²) >= 11 is 0. The lowest BCUT2D eigenvalue weighted by atomic mass is 10.0. The first-order valence-corrected chi connectivity index (χ1v) is 6.38. The fourth-order valence-electron chi connectivity index (χ4n) is 2.18. The number of aryl methyl sites for hydroxylation is 1. The maximum absolute atomic E-state index is 12.6. The smallest absolute Gasteiger partial charge is 0.287 e. The molecule has 0 bridgehead atoms. The minimum absolute atomic E-state index is 0.162. The third kappa shape index (κ3) is 2.45. The first kappa shape index (κ1) is 14.2. The van der Waals surface area contributed by atoms with Crippen LogP contribution in [-0.2, 0) is 6.18 Å². The van der Waals surface area contributed by atoms with Gasteiger partial charge in [-0.25, -0.2) is 9.50 Å². The summed E-state index contributed by atoms with van der Waals surface area (Å²) in [4.78, 5) is 16.5. The Labute approximate surface area is 123 Å². The Bertz CT molecular complexity index is 851. The van der Waals surface area contributed by atoms with Crippen LogP contribution in [0.15, 0.2) is 42.7 Å². The van der Waals surface area contributed by atoms with Crippen LogP contribution in [0.2, 0.25) is 0 Å². The SMILES string of the molecule is Cc1cc(C(=O)c2ccc(C(F)(F)F)cc2)n2ncnc2c1. The van der Waals surface area contributed by atoms with Gasteiger partial charge in [-0.2, -0.15) is 18.3 Å². The number of carbonyl (C=O) groups excluding carboxylic acids is 1. The number of halogens is 3. The molecule has 3 rings (SSSR count). The van der Waals surface area contributed by atoms with E-state index in [4.69, 9.17) is 0 Å². The predicted molar refractivity (Wildman–Crippen MR) is 72.6 cm³/mol. The van der Waals surface area contributed by atoms with Crippen molar-refractivity contribution in [3.63, 3.8) is 0 Å². The van der Waals surface area contributed by atoms with Crippen LogP contribution >= 0.6 is 0 Å². The van der Waals surface area contributed by atoms with Gasteiger partial charge in [0.15, 0.2) is 5.65 Å². The van der Waals surface area contributed by atoms with Crippen LogP contribution in [0.25, 0.3) is 5.65 Å². The fourth-order valence-corrected chi connectivity index (χ4v) is 2.18. The summed E-state index contributed by atoms with van der Waals surface area (Å²) in [5, 5.41) is 3.97. The molecule has 22 heavy (non-hydrogen) atoms. The Kier molecular flexibility index (Phi) is 3.20. The number of benzene rings is 1. The van der Waals surface area contributed by atoms with Crippen molar-refractivity contribution < 1.29 is 18.0 Å². The normalized spacial score (nSPS) is 11.8. The van der Waals surface area contributed by atoms with Crippen LogP contribution in [0.1, 0.15) is 27.2 Å².